The van der Waals surface area contributed by atoms with Gasteiger partial charge in [0.05, 0.1) is 10.9 Å². The minimum absolute atomic E-state index is 0.0611. The van der Waals surface area contributed by atoms with Crippen molar-refractivity contribution in [2.45, 2.75) is 50.1 Å². The Balaban J connectivity index is 1.82. The monoisotopic (exact) mass is 348 g/mol. The van der Waals surface area contributed by atoms with Gasteiger partial charge in [0.25, 0.3) is 0 Å². The molecule has 0 bridgehead atoms. The van der Waals surface area contributed by atoms with E-state index < -0.39 is 0 Å². The van der Waals surface area contributed by atoms with Crippen LogP contribution in [0.1, 0.15) is 38.3 Å². The van der Waals surface area contributed by atoms with Gasteiger partial charge in [-0.1, -0.05) is 17.8 Å². The second-order valence-electron chi connectivity index (χ2n) is 6.31. The molecule has 1 atom stereocenters. The Morgan fingerprint density at radius 1 is 1.38 bits per heavy atom. The van der Waals surface area contributed by atoms with Crippen LogP contribution in [0.2, 0.25) is 0 Å². The number of amides is 1. The number of halogens is 1. The molecule has 1 amide bonds. The molecule has 0 N–H and O–H groups in total. The fraction of sp³-hybridized carbons (Fsp3) is 0.471. The number of aryl methyl sites for hydroxylation is 1. The molecular formula is C17H21FN4OS. The molecule has 2 aromatic rings. The molecule has 1 aliphatic heterocycles. The highest BCUT2D eigenvalue weighted by Crippen LogP contribution is 2.33. The number of carbonyl (C=O) groups is 1. The van der Waals surface area contributed by atoms with Crippen LogP contribution in [0.15, 0.2) is 29.7 Å². The number of benzene rings is 1. The Kier molecular flexibility index (Phi) is 4.89. The molecule has 2 heterocycles. The molecule has 1 fully saturated rings. The van der Waals surface area contributed by atoms with Crippen LogP contribution in [-0.4, -0.2) is 32.5 Å². The van der Waals surface area contributed by atoms with E-state index in [0.717, 1.165) is 23.6 Å². The molecule has 1 aliphatic rings. The van der Waals surface area contributed by atoms with E-state index in [2.05, 4.69) is 10.2 Å². The summed E-state index contributed by atoms with van der Waals surface area (Å²) in [6, 6.07) is 5.09. The molecule has 0 radical (unpaired) electrons. The van der Waals surface area contributed by atoms with Gasteiger partial charge >= 0.3 is 0 Å². The third kappa shape index (κ3) is 3.31. The molecule has 24 heavy (non-hydrogen) atoms. The first kappa shape index (κ1) is 17.0. The number of hydrogen-bond acceptors (Lipinski definition) is 4. The Morgan fingerprint density at radius 3 is 2.92 bits per heavy atom. The summed E-state index contributed by atoms with van der Waals surface area (Å²) in [6.45, 7) is 6.54. The molecule has 1 aromatic carbocycles. The molecule has 128 valence electrons. The zero-order valence-electron chi connectivity index (χ0n) is 14.1. The zero-order chi connectivity index (χ0) is 17.3. The normalized spacial score (nSPS) is 18.5. The molecule has 0 aliphatic carbocycles. The third-order valence-electron chi connectivity index (χ3n) is 4.13. The van der Waals surface area contributed by atoms with Crippen LogP contribution in [-0.2, 0) is 4.79 Å². The fourth-order valence-corrected chi connectivity index (χ4v) is 4.06. The van der Waals surface area contributed by atoms with Gasteiger partial charge in [-0.15, -0.1) is 10.2 Å². The molecular weight excluding hydrogens is 327 g/mol. The van der Waals surface area contributed by atoms with Crippen LogP contribution in [0, 0.1) is 12.7 Å². The van der Waals surface area contributed by atoms with Crippen molar-refractivity contribution in [3.05, 3.63) is 35.9 Å². The number of nitrogens with zero attached hydrogens (tertiary/aromatic N) is 4. The molecule has 7 heteroatoms. The highest BCUT2D eigenvalue weighted by Gasteiger charge is 2.33. The van der Waals surface area contributed by atoms with Crippen molar-refractivity contribution in [2.24, 2.45) is 0 Å². The van der Waals surface area contributed by atoms with Gasteiger partial charge in [-0.2, -0.15) is 0 Å². The Bertz CT molecular complexity index is 746. The summed E-state index contributed by atoms with van der Waals surface area (Å²) < 4.78 is 16.1. The van der Waals surface area contributed by atoms with Gasteiger partial charge in [-0.05, 0) is 51.3 Å². The van der Waals surface area contributed by atoms with E-state index in [9.17, 15) is 9.18 Å². The van der Waals surface area contributed by atoms with E-state index in [1.165, 1.54) is 17.8 Å². The van der Waals surface area contributed by atoms with E-state index in [1.54, 1.807) is 23.4 Å². The second-order valence-corrected chi connectivity index (χ2v) is 7.48. The Labute approximate surface area is 145 Å². The molecule has 1 saturated heterocycles. The number of piperidine rings is 1. The lowest BCUT2D eigenvalue weighted by Crippen LogP contribution is -2.43. The number of thioether (sulfide) groups is 1. The number of anilines is 1. The maximum Gasteiger partial charge on any atom is 0.240 e. The van der Waals surface area contributed by atoms with Gasteiger partial charge in [-0.3, -0.25) is 4.79 Å². The summed E-state index contributed by atoms with van der Waals surface area (Å²) in [6.07, 6.45) is 3.28. The minimum Gasteiger partial charge on any atom is -0.309 e. The van der Waals surface area contributed by atoms with E-state index in [-0.39, 0.29) is 23.0 Å². The van der Waals surface area contributed by atoms with Crippen molar-refractivity contribution in [1.82, 2.24) is 14.8 Å². The van der Waals surface area contributed by atoms with Crippen LogP contribution in [0.5, 0.6) is 0 Å². The predicted molar refractivity (Wildman–Crippen MR) is 92.8 cm³/mol. The first-order valence-electron chi connectivity index (χ1n) is 8.11. The Morgan fingerprint density at radius 2 is 2.17 bits per heavy atom. The molecule has 1 aromatic heterocycles. The van der Waals surface area contributed by atoms with Gasteiger partial charge in [0.1, 0.15) is 12.1 Å². The first-order chi connectivity index (χ1) is 11.5. The maximum absolute atomic E-state index is 14.2. The van der Waals surface area contributed by atoms with Crippen molar-refractivity contribution in [3.63, 3.8) is 0 Å². The number of carbonyl (C=O) groups excluding carboxylic acids is 1. The average molecular weight is 348 g/mol. The summed E-state index contributed by atoms with van der Waals surface area (Å²) in [5, 5.41) is 8.54. The Hall–Kier alpha value is -1.89. The summed E-state index contributed by atoms with van der Waals surface area (Å²) in [7, 11) is 0. The fourth-order valence-electron chi connectivity index (χ4n) is 2.82. The van der Waals surface area contributed by atoms with Gasteiger partial charge in [0.2, 0.25) is 5.91 Å². The highest BCUT2D eigenvalue weighted by molar-refractivity contribution is 8.00. The lowest BCUT2D eigenvalue weighted by atomic mass is 10.1. The largest absolute Gasteiger partial charge is 0.309 e. The van der Waals surface area contributed by atoms with Gasteiger partial charge in [0.15, 0.2) is 5.16 Å². The quantitative estimate of drug-likeness (QED) is 0.847. The number of aromatic nitrogens is 3. The van der Waals surface area contributed by atoms with Crippen molar-refractivity contribution in [1.29, 1.82) is 0 Å². The standard InChI is InChI=1S/C17H21FN4OS/c1-11(2)22-10-19-20-17(22)24-15-5-4-8-21(16(15)23)14-9-12(3)6-7-13(14)18/h6-7,9-11,15H,4-5,8H2,1-3H3/t15-/m0/s1. The molecule has 0 saturated carbocycles. The van der Waals surface area contributed by atoms with E-state index in [0.29, 0.717) is 12.2 Å². The summed E-state index contributed by atoms with van der Waals surface area (Å²) in [4.78, 5) is 14.4. The lowest BCUT2D eigenvalue weighted by molar-refractivity contribution is -0.119. The predicted octanol–water partition coefficient (Wildman–Crippen LogP) is 3.59. The zero-order valence-corrected chi connectivity index (χ0v) is 14.9. The van der Waals surface area contributed by atoms with Gasteiger partial charge in [-0.25, -0.2) is 4.39 Å². The molecule has 3 rings (SSSR count). The van der Waals surface area contributed by atoms with Gasteiger partial charge in [0, 0.05) is 12.6 Å². The summed E-state index contributed by atoms with van der Waals surface area (Å²) in [5.74, 6) is -0.418. The first-order valence-corrected chi connectivity index (χ1v) is 8.99. The molecule has 0 spiro atoms. The van der Waals surface area contributed by atoms with E-state index in [4.69, 9.17) is 0 Å². The van der Waals surface area contributed by atoms with E-state index in [1.807, 2.05) is 25.3 Å². The number of hydrogen-bond donors (Lipinski definition) is 0. The molecule has 0 unspecified atom stereocenters. The SMILES string of the molecule is Cc1ccc(F)c(N2CCC[C@H](Sc3nncn3C(C)C)C2=O)c1. The third-order valence-corrected chi connectivity index (χ3v) is 5.35. The van der Waals surface area contributed by atoms with Crippen LogP contribution in [0.4, 0.5) is 10.1 Å². The van der Waals surface area contributed by atoms with Crippen LogP contribution < -0.4 is 4.90 Å². The lowest BCUT2D eigenvalue weighted by Gasteiger charge is -2.32. The second kappa shape index (κ2) is 6.93. The van der Waals surface area contributed by atoms with Crippen molar-refractivity contribution >= 4 is 23.4 Å². The molecule has 5 nitrogen and oxygen atoms in total. The van der Waals surface area contributed by atoms with Crippen molar-refractivity contribution < 1.29 is 9.18 Å². The van der Waals surface area contributed by atoms with E-state index >= 15 is 0 Å². The average Bonchev–Trinajstić information content (AvgIpc) is 3.00. The van der Waals surface area contributed by atoms with Crippen molar-refractivity contribution in [3.8, 4) is 0 Å². The smallest absolute Gasteiger partial charge is 0.240 e. The van der Waals surface area contributed by atoms with Crippen LogP contribution >= 0.6 is 11.8 Å². The van der Waals surface area contributed by atoms with Crippen LogP contribution in [0.25, 0.3) is 0 Å². The van der Waals surface area contributed by atoms with Crippen molar-refractivity contribution in [2.75, 3.05) is 11.4 Å². The topological polar surface area (TPSA) is 51.0 Å². The summed E-state index contributed by atoms with van der Waals surface area (Å²) >= 11 is 1.42. The minimum atomic E-state index is -0.357. The maximum atomic E-state index is 14.2. The van der Waals surface area contributed by atoms with Gasteiger partial charge < -0.3 is 9.47 Å². The highest BCUT2D eigenvalue weighted by atomic mass is 32.2. The summed E-state index contributed by atoms with van der Waals surface area (Å²) in [5.41, 5.74) is 1.31. The van der Waals surface area contributed by atoms with Crippen LogP contribution in [0.3, 0.4) is 0 Å². The number of rotatable bonds is 4.